The molecule has 18 heavy (non-hydrogen) atoms. The van der Waals surface area contributed by atoms with Crippen LogP contribution in [-0.4, -0.2) is 5.11 Å². The van der Waals surface area contributed by atoms with Gasteiger partial charge in [-0.05, 0) is 18.9 Å². The summed E-state index contributed by atoms with van der Waals surface area (Å²) < 4.78 is 0. The van der Waals surface area contributed by atoms with E-state index in [0.29, 0.717) is 0 Å². The van der Waals surface area contributed by atoms with Crippen LogP contribution in [0.5, 0.6) is 0 Å². The summed E-state index contributed by atoms with van der Waals surface area (Å²) in [5.74, 6) is 0. The highest BCUT2D eigenvalue weighted by atomic mass is 16.2. The van der Waals surface area contributed by atoms with Crippen molar-refractivity contribution in [3.63, 3.8) is 0 Å². The standard InChI is InChI=1S/C17H32O/c1-2-3-4-5-6-7-8-9-10-11-12-13-14-15-16-17-18/h14-18H,2-13H2,1H3. The average Bonchev–Trinajstić information content (AvgIpc) is 2.39. The summed E-state index contributed by atoms with van der Waals surface area (Å²) in [5, 5.41) is 8.43. The lowest BCUT2D eigenvalue weighted by Gasteiger charge is -2.01. The number of hydrogen-bond donors (Lipinski definition) is 1. The molecule has 0 aromatic heterocycles. The molecule has 1 nitrogen and oxygen atoms in total. The van der Waals surface area contributed by atoms with Crippen LogP contribution in [0.3, 0.4) is 0 Å². The number of aliphatic hydroxyl groups is 1. The van der Waals surface area contributed by atoms with E-state index >= 15 is 0 Å². The average molecular weight is 252 g/mol. The summed E-state index contributed by atoms with van der Waals surface area (Å²) in [4.78, 5) is 0. The van der Waals surface area contributed by atoms with Crippen molar-refractivity contribution in [1.82, 2.24) is 0 Å². The van der Waals surface area contributed by atoms with Crippen molar-refractivity contribution in [1.29, 1.82) is 0 Å². The van der Waals surface area contributed by atoms with Crippen LogP contribution >= 0.6 is 0 Å². The molecule has 0 aliphatic carbocycles. The zero-order valence-corrected chi connectivity index (χ0v) is 12.2. The van der Waals surface area contributed by atoms with Gasteiger partial charge in [-0.3, -0.25) is 0 Å². The van der Waals surface area contributed by atoms with Gasteiger partial charge in [-0.1, -0.05) is 83.3 Å². The predicted octanol–water partition coefficient (Wildman–Crippen LogP) is 6.32. The Morgan fingerprint density at radius 2 is 1.17 bits per heavy atom. The van der Waals surface area contributed by atoms with E-state index in [1.165, 1.54) is 70.6 Å². The van der Waals surface area contributed by atoms with Crippen molar-refractivity contribution in [2.45, 2.75) is 84.0 Å². The number of aliphatic hydroxyl groups excluding tert-OH is 1. The van der Waals surface area contributed by atoms with E-state index in [4.69, 9.17) is 5.11 Å². The Hall–Kier alpha value is -0.720. The minimum Gasteiger partial charge on any atom is -0.516 e. The smallest absolute Gasteiger partial charge is 0.0791 e. The fourth-order valence-corrected chi connectivity index (χ4v) is 2.15. The monoisotopic (exact) mass is 252 g/mol. The van der Waals surface area contributed by atoms with Crippen LogP contribution in [0.1, 0.15) is 84.0 Å². The molecule has 0 fully saturated rings. The van der Waals surface area contributed by atoms with Crippen LogP contribution in [0.4, 0.5) is 0 Å². The van der Waals surface area contributed by atoms with E-state index in [0.717, 1.165) is 12.7 Å². The summed E-state index contributed by atoms with van der Waals surface area (Å²) in [5.41, 5.74) is 0. The van der Waals surface area contributed by atoms with Crippen LogP contribution in [0.15, 0.2) is 24.5 Å². The Morgan fingerprint density at radius 1 is 0.667 bits per heavy atom. The minimum atomic E-state index is 1.08. The molecule has 0 atom stereocenters. The Balaban J connectivity index is 2.98. The third-order valence-electron chi connectivity index (χ3n) is 3.31. The van der Waals surface area contributed by atoms with Crippen molar-refractivity contribution < 1.29 is 5.11 Å². The quantitative estimate of drug-likeness (QED) is 0.231. The first kappa shape index (κ1) is 17.3. The maximum absolute atomic E-state index is 8.43. The molecule has 0 radical (unpaired) electrons. The second-order valence-electron chi connectivity index (χ2n) is 5.09. The summed E-state index contributed by atoms with van der Waals surface area (Å²) in [6.07, 6.45) is 23.3. The molecule has 106 valence electrons. The Kier molecular flexibility index (Phi) is 15.6. The molecule has 0 rings (SSSR count). The van der Waals surface area contributed by atoms with Gasteiger partial charge in [-0.15, -0.1) is 0 Å². The fourth-order valence-electron chi connectivity index (χ4n) is 2.15. The first-order valence-corrected chi connectivity index (χ1v) is 7.87. The third kappa shape index (κ3) is 15.3. The van der Waals surface area contributed by atoms with E-state index in [9.17, 15) is 0 Å². The van der Waals surface area contributed by atoms with Gasteiger partial charge in [0, 0.05) is 0 Å². The molecule has 0 aliphatic heterocycles. The zero-order chi connectivity index (χ0) is 13.3. The Labute approximate surface area is 114 Å². The van der Waals surface area contributed by atoms with Gasteiger partial charge >= 0.3 is 0 Å². The second-order valence-corrected chi connectivity index (χ2v) is 5.09. The lowest BCUT2D eigenvalue weighted by atomic mass is 10.1. The van der Waals surface area contributed by atoms with E-state index in [2.05, 4.69) is 13.0 Å². The van der Waals surface area contributed by atoms with Gasteiger partial charge in [0.2, 0.25) is 0 Å². The minimum absolute atomic E-state index is 1.08. The normalized spacial score (nSPS) is 11.8. The highest BCUT2D eigenvalue weighted by Crippen LogP contribution is 2.11. The first-order valence-electron chi connectivity index (χ1n) is 7.87. The topological polar surface area (TPSA) is 20.2 Å². The molecule has 0 amide bonds. The maximum Gasteiger partial charge on any atom is 0.0791 e. The first-order chi connectivity index (χ1) is 8.91. The largest absolute Gasteiger partial charge is 0.516 e. The Morgan fingerprint density at radius 3 is 1.67 bits per heavy atom. The molecule has 0 spiro atoms. The molecule has 0 heterocycles. The molecule has 0 unspecified atom stereocenters. The summed E-state index contributed by atoms with van der Waals surface area (Å²) in [6.45, 7) is 2.27. The van der Waals surface area contributed by atoms with Gasteiger partial charge in [0.25, 0.3) is 0 Å². The van der Waals surface area contributed by atoms with E-state index in [1.54, 1.807) is 6.08 Å². The highest BCUT2D eigenvalue weighted by Gasteiger charge is 1.92. The van der Waals surface area contributed by atoms with E-state index < -0.39 is 0 Å². The Bertz CT molecular complexity index is 194. The molecule has 0 aromatic carbocycles. The summed E-state index contributed by atoms with van der Waals surface area (Å²) in [7, 11) is 0. The van der Waals surface area contributed by atoms with Crippen molar-refractivity contribution >= 4 is 0 Å². The second kappa shape index (κ2) is 16.3. The lowest BCUT2D eigenvalue weighted by molar-refractivity contribution is 0.473. The van der Waals surface area contributed by atoms with Gasteiger partial charge in [-0.25, -0.2) is 0 Å². The van der Waals surface area contributed by atoms with E-state index in [1.807, 2.05) is 6.08 Å². The molecule has 1 N–H and O–H groups in total. The summed E-state index contributed by atoms with van der Waals surface area (Å²) >= 11 is 0. The van der Waals surface area contributed by atoms with Crippen LogP contribution in [0, 0.1) is 0 Å². The molecule has 1 heteroatoms. The highest BCUT2D eigenvalue weighted by molar-refractivity contribution is 4.98. The zero-order valence-electron chi connectivity index (χ0n) is 12.2. The van der Waals surface area contributed by atoms with E-state index in [-0.39, 0.29) is 0 Å². The van der Waals surface area contributed by atoms with Gasteiger partial charge in [0.15, 0.2) is 0 Å². The number of hydrogen-bond acceptors (Lipinski definition) is 1. The predicted molar refractivity (Wildman–Crippen MR) is 82.0 cm³/mol. The van der Waals surface area contributed by atoms with Crippen LogP contribution in [0.25, 0.3) is 0 Å². The van der Waals surface area contributed by atoms with Gasteiger partial charge < -0.3 is 5.11 Å². The van der Waals surface area contributed by atoms with Crippen LogP contribution in [-0.2, 0) is 0 Å². The molecule has 0 saturated carbocycles. The molecular formula is C17H32O. The fraction of sp³-hybridized carbons (Fsp3) is 0.765. The number of rotatable bonds is 13. The SMILES string of the molecule is CCCCCCCCCCCCCC=CC=CO. The molecule has 0 saturated heterocycles. The number of allylic oxidation sites excluding steroid dienone is 3. The maximum atomic E-state index is 8.43. The van der Waals surface area contributed by atoms with Crippen molar-refractivity contribution in [2.24, 2.45) is 0 Å². The molecule has 0 bridgehead atoms. The van der Waals surface area contributed by atoms with Gasteiger partial charge in [0.1, 0.15) is 0 Å². The van der Waals surface area contributed by atoms with Crippen LogP contribution in [0.2, 0.25) is 0 Å². The summed E-state index contributed by atoms with van der Waals surface area (Å²) in [6, 6.07) is 0. The van der Waals surface area contributed by atoms with Crippen LogP contribution < -0.4 is 0 Å². The lowest BCUT2D eigenvalue weighted by Crippen LogP contribution is -1.81. The van der Waals surface area contributed by atoms with Crippen molar-refractivity contribution in [3.8, 4) is 0 Å². The number of unbranched alkanes of at least 4 members (excludes halogenated alkanes) is 11. The molecule has 0 aliphatic rings. The third-order valence-corrected chi connectivity index (χ3v) is 3.31. The van der Waals surface area contributed by atoms with Gasteiger partial charge in [0.05, 0.1) is 6.26 Å². The van der Waals surface area contributed by atoms with Crippen molar-refractivity contribution in [3.05, 3.63) is 24.5 Å². The molecule has 0 aromatic rings. The molecular weight excluding hydrogens is 220 g/mol. The van der Waals surface area contributed by atoms with Crippen molar-refractivity contribution in [2.75, 3.05) is 0 Å². The van der Waals surface area contributed by atoms with Gasteiger partial charge in [-0.2, -0.15) is 0 Å².